The van der Waals surface area contributed by atoms with Gasteiger partial charge in [0.15, 0.2) is 6.61 Å². The molecule has 0 heterocycles. The van der Waals surface area contributed by atoms with Gasteiger partial charge in [-0.25, -0.2) is 0 Å². The van der Waals surface area contributed by atoms with Crippen molar-refractivity contribution >= 4 is 46.2 Å². The number of ether oxygens (including phenoxy) is 1. The van der Waals surface area contributed by atoms with Gasteiger partial charge in [-0.15, -0.1) is 0 Å². The Hall–Kier alpha value is -2.69. The van der Waals surface area contributed by atoms with E-state index in [0.717, 1.165) is 11.4 Å². The fourth-order valence-electron chi connectivity index (χ4n) is 2.26. The maximum Gasteiger partial charge on any atom is 0.262 e. The van der Waals surface area contributed by atoms with E-state index in [2.05, 4.69) is 10.6 Å². The molecule has 0 spiro atoms. The Morgan fingerprint density at radius 1 is 0.846 bits per heavy atom. The molecule has 0 radical (unpaired) electrons. The molecule has 0 fully saturated rings. The minimum absolute atomic E-state index is 0.147. The standard InChI is InChI=1S/C20H16Cl2N2O2/c21-14-6-11-19(18(22)12-14)26-13-20(25)24-17-9-7-16(8-10-17)23-15-4-2-1-3-5-15/h1-12,23H,13H2,(H,24,25). The van der Waals surface area contributed by atoms with Gasteiger partial charge in [-0.3, -0.25) is 4.79 Å². The third-order valence-corrected chi connectivity index (χ3v) is 4.01. The second-order valence-corrected chi connectivity index (χ2v) is 6.32. The van der Waals surface area contributed by atoms with E-state index in [0.29, 0.717) is 21.5 Å². The maximum absolute atomic E-state index is 12.0. The van der Waals surface area contributed by atoms with E-state index in [1.807, 2.05) is 54.6 Å². The molecule has 0 aliphatic rings. The van der Waals surface area contributed by atoms with Crippen LogP contribution in [-0.2, 0) is 4.79 Å². The van der Waals surface area contributed by atoms with Gasteiger partial charge in [0, 0.05) is 22.1 Å². The number of amides is 1. The first-order valence-electron chi connectivity index (χ1n) is 7.90. The zero-order valence-corrected chi connectivity index (χ0v) is 15.2. The molecule has 132 valence electrons. The predicted molar refractivity (Wildman–Crippen MR) is 107 cm³/mol. The second kappa shape index (κ2) is 8.61. The summed E-state index contributed by atoms with van der Waals surface area (Å²) >= 11 is 11.8. The molecule has 0 saturated heterocycles. The van der Waals surface area contributed by atoms with Gasteiger partial charge in [0.25, 0.3) is 5.91 Å². The lowest BCUT2D eigenvalue weighted by atomic mass is 10.2. The summed E-state index contributed by atoms with van der Waals surface area (Å²) in [4.78, 5) is 12.0. The SMILES string of the molecule is O=C(COc1ccc(Cl)cc1Cl)Nc1ccc(Nc2ccccc2)cc1. The monoisotopic (exact) mass is 386 g/mol. The summed E-state index contributed by atoms with van der Waals surface area (Å²) in [5.41, 5.74) is 2.61. The van der Waals surface area contributed by atoms with Crippen molar-refractivity contribution in [2.24, 2.45) is 0 Å². The minimum Gasteiger partial charge on any atom is -0.482 e. The Kier molecular flexibility index (Phi) is 6.00. The number of halogens is 2. The van der Waals surface area contributed by atoms with Crippen molar-refractivity contribution in [3.63, 3.8) is 0 Å². The topological polar surface area (TPSA) is 50.4 Å². The van der Waals surface area contributed by atoms with Gasteiger partial charge in [-0.1, -0.05) is 41.4 Å². The van der Waals surface area contributed by atoms with Crippen LogP contribution in [0.15, 0.2) is 72.8 Å². The Morgan fingerprint density at radius 2 is 1.50 bits per heavy atom. The van der Waals surface area contributed by atoms with Crippen LogP contribution in [-0.4, -0.2) is 12.5 Å². The number of anilines is 3. The summed E-state index contributed by atoms with van der Waals surface area (Å²) in [6, 6.07) is 22.1. The normalized spacial score (nSPS) is 10.2. The predicted octanol–water partition coefficient (Wildman–Crippen LogP) is 5.75. The molecule has 3 aromatic carbocycles. The van der Waals surface area contributed by atoms with Crippen LogP contribution in [0.25, 0.3) is 0 Å². The van der Waals surface area contributed by atoms with Crippen molar-refractivity contribution in [2.45, 2.75) is 0 Å². The fraction of sp³-hybridized carbons (Fsp3) is 0.0500. The number of hydrogen-bond donors (Lipinski definition) is 2. The quantitative estimate of drug-likeness (QED) is 0.566. The molecule has 0 aromatic heterocycles. The van der Waals surface area contributed by atoms with E-state index >= 15 is 0 Å². The molecule has 6 heteroatoms. The van der Waals surface area contributed by atoms with Crippen molar-refractivity contribution in [1.82, 2.24) is 0 Å². The van der Waals surface area contributed by atoms with Crippen LogP contribution in [0.3, 0.4) is 0 Å². The minimum atomic E-state index is -0.278. The van der Waals surface area contributed by atoms with Gasteiger partial charge in [-0.05, 0) is 54.6 Å². The largest absolute Gasteiger partial charge is 0.482 e. The number of hydrogen-bond acceptors (Lipinski definition) is 3. The van der Waals surface area contributed by atoms with Crippen molar-refractivity contribution < 1.29 is 9.53 Å². The Labute approximate surface area is 161 Å². The number of benzene rings is 3. The van der Waals surface area contributed by atoms with Crippen molar-refractivity contribution in [1.29, 1.82) is 0 Å². The van der Waals surface area contributed by atoms with Crippen LogP contribution >= 0.6 is 23.2 Å². The van der Waals surface area contributed by atoms with E-state index in [1.54, 1.807) is 18.2 Å². The average molecular weight is 387 g/mol. The second-order valence-electron chi connectivity index (χ2n) is 5.48. The Balaban J connectivity index is 1.52. The van der Waals surface area contributed by atoms with Crippen LogP contribution < -0.4 is 15.4 Å². The van der Waals surface area contributed by atoms with Crippen LogP contribution in [0.2, 0.25) is 10.0 Å². The van der Waals surface area contributed by atoms with Crippen molar-refractivity contribution in [3.8, 4) is 5.75 Å². The van der Waals surface area contributed by atoms with E-state index in [1.165, 1.54) is 0 Å². The molecule has 0 aliphatic carbocycles. The van der Waals surface area contributed by atoms with Gasteiger partial charge in [-0.2, -0.15) is 0 Å². The number of rotatable bonds is 6. The van der Waals surface area contributed by atoms with Gasteiger partial charge < -0.3 is 15.4 Å². The van der Waals surface area contributed by atoms with Gasteiger partial charge in [0.05, 0.1) is 5.02 Å². The summed E-state index contributed by atoms with van der Waals surface area (Å²) in [5, 5.41) is 6.93. The Morgan fingerprint density at radius 3 is 2.19 bits per heavy atom. The van der Waals surface area contributed by atoms with Gasteiger partial charge in [0.2, 0.25) is 0 Å². The summed E-state index contributed by atoms with van der Waals surface area (Å²) in [6.07, 6.45) is 0. The highest BCUT2D eigenvalue weighted by Crippen LogP contribution is 2.27. The molecule has 2 N–H and O–H groups in total. The third-order valence-electron chi connectivity index (χ3n) is 3.48. The number of carbonyl (C=O) groups is 1. The molecular formula is C20H16Cl2N2O2. The summed E-state index contributed by atoms with van der Waals surface area (Å²) in [7, 11) is 0. The molecule has 4 nitrogen and oxygen atoms in total. The van der Waals surface area contributed by atoms with Crippen LogP contribution in [0.5, 0.6) is 5.75 Å². The highest BCUT2D eigenvalue weighted by molar-refractivity contribution is 6.35. The lowest BCUT2D eigenvalue weighted by molar-refractivity contribution is -0.118. The molecule has 3 aromatic rings. The smallest absolute Gasteiger partial charge is 0.262 e. The molecule has 0 aliphatic heterocycles. The maximum atomic E-state index is 12.0. The number of nitrogens with one attached hydrogen (secondary N) is 2. The fourth-order valence-corrected chi connectivity index (χ4v) is 2.72. The van der Waals surface area contributed by atoms with E-state index in [9.17, 15) is 4.79 Å². The highest BCUT2D eigenvalue weighted by atomic mass is 35.5. The van der Waals surface area contributed by atoms with Crippen molar-refractivity contribution in [3.05, 3.63) is 82.8 Å². The van der Waals surface area contributed by atoms with E-state index < -0.39 is 0 Å². The van der Waals surface area contributed by atoms with Crippen LogP contribution in [0.1, 0.15) is 0 Å². The van der Waals surface area contributed by atoms with E-state index in [4.69, 9.17) is 27.9 Å². The van der Waals surface area contributed by atoms with Crippen LogP contribution in [0.4, 0.5) is 17.1 Å². The summed E-state index contributed by atoms with van der Waals surface area (Å²) < 4.78 is 5.41. The molecular weight excluding hydrogens is 371 g/mol. The first-order chi connectivity index (χ1) is 12.6. The molecule has 0 atom stereocenters. The summed E-state index contributed by atoms with van der Waals surface area (Å²) in [6.45, 7) is -0.147. The molecule has 0 bridgehead atoms. The zero-order valence-electron chi connectivity index (χ0n) is 13.7. The van der Waals surface area contributed by atoms with E-state index in [-0.39, 0.29) is 12.5 Å². The number of para-hydroxylation sites is 1. The number of carbonyl (C=O) groups excluding carboxylic acids is 1. The highest BCUT2D eigenvalue weighted by Gasteiger charge is 2.07. The molecule has 26 heavy (non-hydrogen) atoms. The van der Waals surface area contributed by atoms with Crippen molar-refractivity contribution in [2.75, 3.05) is 17.2 Å². The molecule has 0 saturated carbocycles. The lowest BCUT2D eigenvalue weighted by Gasteiger charge is -2.10. The summed E-state index contributed by atoms with van der Waals surface area (Å²) in [5.74, 6) is 0.133. The lowest BCUT2D eigenvalue weighted by Crippen LogP contribution is -2.20. The van der Waals surface area contributed by atoms with Crippen LogP contribution in [0, 0.1) is 0 Å². The zero-order chi connectivity index (χ0) is 18.4. The Bertz CT molecular complexity index is 884. The van der Waals surface area contributed by atoms with Gasteiger partial charge >= 0.3 is 0 Å². The first-order valence-corrected chi connectivity index (χ1v) is 8.65. The first kappa shape index (κ1) is 18.1. The molecule has 1 amide bonds. The molecule has 3 rings (SSSR count). The van der Waals surface area contributed by atoms with Gasteiger partial charge in [0.1, 0.15) is 5.75 Å². The molecule has 0 unspecified atom stereocenters. The average Bonchev–Trinajstić information content (AvgIpc) is 2.63. The third kappa shape index (κ3) is 5.15.